The molecule has 2 atom stereocenters. The number of benzene rings is 2. The summed E-state index contributed by atoms with van der Waals surface area (Å²) in [4.78, 5) is 25.9. The lowest BCUT2D eigenvalue weighted by atomic mass is 10.2. The standard InChI is InChI=1S/C40H58O14S/c1-15-43-27-29(45-17-3)33(49-21-7)37(35(31(27)47-19-5)51-25(13)53-39(41)23(9)10)55-38-34(50-22-8)30(46-18-4)28(44-16-2)32(48-20-6)36(38)52-26(14)54-40(42)24(11)12/h25-26H,9,11,15-22H2,1-8,10,12-14H3. The van der Waals surface area contributed by atoms with E-state index in [1.807, 2.05) is 41.5 Å². The molecule has 0 aliphatic heterocycles. The Labute approximate surface area is 329 Å². The van der Waals surface area contributed by atoms with Crippen molar-refractivity contribution in [3.63, 3.8) is 0 Å². The van der Waals surface area contributed by atoms with Gasteiger partial charge in [-0.25, -0.2) is 9.59 Å². The number of carbonyl (C=O) groups is 2. The zero-order valence-electron chi connectivity index (χ0n) is 34.3. The Morgan fingerprint density at radius 1 is 0.436 bits per heavy atom. The van der Waals surface area contributed by atoms with E-state index in [0.29, 0.717) is 9.79 Å². The number of carbonyl (C=O) groups excluding carboxylic acids is 2. The van der Waals surface area contributed by atoms with Crippen molar-refractivity contribution in [3.05, 3.63) is 24.3 Å². The second-order valence-electron chi connectivity index (χ2n) is 11.3. The van der Waals surface area contributed by atoms with Gasteiger partial charge in [-0.05, 0) is 69.2 Å². The first kappa shape index (κ1) is 46.4. The molecule has 0 N–H and O–H groups in total. The fraction of sp³-hybridized carbons (Fsp3) is 0.550. The second kappa shape index (κ2) is 23.2. The lowest BCUT2D eigenvalue weighted by Crippen LogP contribution is -2.22. The maximum atomic E-state index is 12.7. The Bertz CT molecular complexity index is 1500. The van der Waals surface area contributed by atoms with E-state index < -0.39 is 24.5 Å². The van der Waals surface area contributed by atoms with Gasteiger partial charge in [-0.1, -0.05) is 24.9 Å². The Morgan fingerprint density at radius 3 is 0.891 bits per heavy atom. The summed E-state index contributed by atoms with van der Waals surface area (Å²) in [6.45, 7) is 29.8. The zero-order chi connectivity index (χ0) is 41.2. The normalized spacial score (nSPS) is 11.7. The van der Waals surface area contributed by atoms with Gasteiger partial charge >= 0.3 is 11.9 Å². The van der Waals surface area contributed by atoms with E-state index in [1.54, 1.807) is 27.7 Å². The molecule has 0 amide bonds. The first-order valence-corrected chi connectivity index (χ1v) is 19.4. The van der Waals surface area contributed by atoms with Crippen molar-refractivity contribution in [2.24, 2.45) is 0 Å². The van der Waals surface area contributed by atoms with E-state index in [-0.39, 0.29) is 121 Å². The van der Waals surface area contributed by atoms with Crippen molar-refractivity contribution in [3.8, 4) is 57.5 Å². The first-order valence-electron chi connectivity index (χ1n) is 18.5. The molecule has 15 heteroatoms. The molecule has 0 aliphatic rings. The maximum absolute atomic E-state index is 12.7. The van der Waals surface area contributed by atoms with E-state index in [0.717, 1.165) is 11.8 Å². The molecule has 0 saturated heterocycles. The highest BCUT2D eigenvalue weighted by Gasteiger charge is 2.37. The van der Waals surface area contributed by atoms with Crippen LogP contribution < -0.4 is 47.4 Å². The van der Waals surface area contributed by atoms with Crippen LogP contribution >= 0.6 is 11.8 Å². The molecular formula is C40H58O14S. The minimum absolute atomic E-state index is 0.0872. The molecule has 2 aromatic carbocycles. The van der Waals surface area contributed by atoms with Crippen LogP contribution in [0, 0.1) is 0 Å². The number of rotatable bonds is 26. The molecule has 55 heavy (non-hydrogen) atoms. The highest BCUT2D eigenvalue weighted by Crippen LogP contribution is 2.64. The highest BCUT2D eigenvalue weighted by atomic mass is 32.2. The van der Waals surface area contributed by atoms with Crippen molar-refractivity contribution in [1.29, 1.82) is 0 Å². The van der Waals surface area contributed by atoms with Crippen molar-refractivity contribution >= 4 is 23.7 Å². The summed E-state index contributed by atoms with van der Waals surface area (Å²) in [7, 11) is 0. The predicted octanol–water partition coefficient (Wildman–Crippen LogP) is 8.72. The van der Waals surface area contributed by atoms with Crippen LogP contribution in [-0.4, -0.2) is 77.4 Å². The van der Waals surface area contributed by atoms with Gasteiger partial charge in [0.05, 0.1) is 52.9 Å². The number of esters is 2. The van der Waals surface area contributed by atoms with Gasteiger partial charge in [0.15, 0.2) is 23.0 Å². The lowest BCUT2D eigenvalue weighted by molar-refractivity contribution is -0.157. The molecule has 2 aromatic rings. The Kier molecular flexibility index (Phi) is 19.6. The van der Waals surface area contributed by atoms with Crippen LogP contribution in [0.2, 0.25) is 0 Å². The molecule has 2 rings (SSSR count). The van der Waals surface area contributed by atoms with Crippen LogP contribution in [0.5, 0.6) is 57.5 Å². The summed E-state index contributed by atoms with van der Waals surface area (Å²) in [6.07, 6.45) is -2.32. The number of ether oxygens (including phenoxy) is 12. The van der Waals surface area contributed by atoms with Gasteiger partial charge in [0.2, 0.25) is 47.1 Å². The van der Waals surface area contributed by atoms with Crippen LogP contribution in [0.3, 0.4) is 0 Å². The lowest BCUT2D eigenvalue weighted by Gasteiger charge is -2.28. The van der Waals surface area contributed by atoms with Crippen molar-refractivity contribution in [2.75, 3.05) is 52.9 Å². The summed E-state index contributed by atoms with van der Waals surface area (Å²) >= 11 is 1.07. The van der Waals surface area contributed by atoms with Crippen molar-refractivity contribution in [1.82, 2.24) is 0 Å². The highest BCUT2D eigenvalue weighted by molar-refractivity contribution is 7.99. The third-order valence-electron chi connectivity index (χ3n) is 6.80. The Morgan fingerprint density at radius 2 is 0.655 bits per heavy atom. The van der Waals surface area contributed by atoms with Gasteiger partial charge in [0.1, 0.15) is 9.79 Å². The van der Waals surface area contributed by atoms with E-state index in [4.69, 9.17) is 56.8 Å². The summed E-state index contributed by atoms with van der Waals surface area (Å²) in [5.74, 6) is 0.492. The van der Waals surface area contributed by atoms with Gasteiger partial charge in [0.25, 0.3) is 0 Å². The smallest absolute Gasteiger partial charge is 0.336 e. The van der Waals surface area contributed by atoms with Gasteiger partial charge < -0.3 is 56.8 Å². The van der Waals surface area contributed by atoms with Crippen LogP contribution in [0.1, 0.15) is 83.1 Å². The fourth-order valence-corrected chi connectivity index (χ4v) is 5.98. The zero-order valence-corrected chi connectivity index (χ0v) is 35.2. The van der Waals surface area contributed by atoms with Crippen molar-refractivity contribution in [2.45, 2.75) is 105 Å². The molecule has 0 aliphatic carbocycles. The van der Waals surface area contributed by atoms with Gasteiger partial charge in [-0.2, -0.15) is 0 Å². The fourth-order valence-electron chi connectivity index (χ4n) is 4.83. The molecule has 0 aromatic heterocycles. The minimum Gasteiger partial charge on any atom is -0.489 e. The van der Waals surface area contributed by atoms with Crippen LogP contribution in [0.25, 0.3) is 0 Å². The summed E-state index contributed by atoms with van der Waals surface area (Å²) in [5, 5.41) is 0. The van der Waals surface area contributed by atoms with E-state index >= 15 is 0 Å². The molecule has 14 nitrogen and oxygen atoms in total. The molecule has 0 fully saturated rings. The predicted molar refractivity (Wildman–Crippen MR) is 208 cm³/mol. The first-order chi connectivity index (χ1) is 26.3. The molecule has 0 saturated carbocycles. The SMILES string of the molecule is C=C(C)C(=O)OC(C)Oc1c(OCC)c(OCC)c(OCC)c(OCC)c1Sc1c(OCC)c(OCC)c(OCC)c(OCC)c1OC(C)OC(=O)C(=C)C. The maximum Gasteiger partial charge on any atom is 0.336 e. The topological polar surface area (TPSA) is 145 Å². The molecule has 0 heterocycles. The van der Waals surface area contributed by atoms with Gasteiger partial charge in [-0.15, -0.1) is 0 Å². The average molecular weight is 795 g/mol. The van der Waals surface area contributed by atoms with Crippen LogP contribution in [0.4, 0.5) is 0 Å². The quantitative estimate of drug-likeness (QED) is 0.0508. The molecule has 2 unspecified atom stereocenters. The monoisotopic (exact) mass is 794 g/mol. The van der Waals surface area contributed by atoms with E-state index in [2.05, 4.69) is 13.2 Å². The largest absolute Gasteiger partial charge is 0.489 e. The van der Waals surface area contributed by atoms with E-state index in [9.17, 15) is 9.59 Å². The Balaban J connectivity index is 3.32. The van der Waals surface area contributed by atoms with Crippen LogP contribution in [-0.2, 0) is 19.1 Å². The van der Waals surface area contributed by atoms with E-state index in [1.165, 1.54) is 13.8 Å². The molecule has 0 spiro atoms. The molecule has 308 valence electrons. The molecule has 0 bridgehead atoms. The Hall–Kier alpha value is -4.79. The number of hydrogen-bond acceptors (Lipinski definition) is 15. The van der Waals surface area contributed by atoms with Crippen molar-refractivity contribution < 1.29 is 66.4 Å². The number of hydrogen-bond donors (Lipinski definition) is 0. The molecular weight excluding hydrogens is 736 g/mol. The summed E-state index contributed by atoms with van der Waals surface area (Å²) in [6, 6.07) is 0. The third-order valence-corrected chi connectivity index (χ3v) is 7.95. The van der Waals surface area contributed by atoms with Crippen LogP contribution in [0.15, 0.2) is 34.1 Å². The third kappa shape index (κ3) is 12.1. The summed E-state index contributed by atoms with van der Waals surface area (Å²) < 4.78 is 73.9. The molecule has 0 radical (unpaired) electrons. The summed E-state index contributed by atoms with van der Waals surface area (Å²) in [5.41, 5.74) is 0.357. The van der Waals surface area contributed by atoms with Gasteiger partial charge in [0, 0.05) is 25.0 Å². The average Bonchev–Trinajstić information content (AvgIpc) is 3.13. The van der Waals surface area contributed by atoms with Gasteiger partial charge in [-0.3, -0.25) is 0 Å². The minimum atomic E-state index is -1.16. The second-order valence-corrected chi connectivity index (χ2v) is 12.3.